The normalized spacial score (nSPS) is 15.3. The fraction of sp³-hybridized carbons (Fsp3) is 0.231. The zero-order valence-electron chi connectivity index (χ0n) is 9.71. The Balaban J connectivity index is 2.05. The molecule has 0 radical (unpaired) electrons. The Morgan fingerprint density at radius 2 is 2.22 bits per heavy atom. The molecule has 18 heavy (non-hydrogen) atoms. The number of imidazole rings is 1. The largest absolute Gasteiger partial charge is 0.390 e. The lowest BCUT2D eigenvalue weighted by molar-refractivity contribution is 0.767. The number of aromatic nitrogens is 3. The Hall–Kier alpha value is -1.88. The molecule has 4 nitrogen and oxygen atoms in total. The van der Waals surface area contributed by atoms with E-state index in [0.717, 1.165) is 27.6 Å². The Morgan fingerprint density at radius 1 is 1.33 bits per heavy atom. The first-order chi connectivity index (χ1) is 8.84. The van der Waals surface area contributed by atoms with Crippen LogP contribution in [0.3, 0.4) is 0 Å². The highest BCUT2D eigenvalue weighted by molar-refractivity contribution is 7.14. The van der Waals surface area contributed by atoms with Crippen molar-refractivity contribution in [3.05, 3.63) is 29.8 Å². The van der Waals surface area contributed by atoms with Gasteiger partial charge in [-0.3, -0.25) is 0 Å². The Morgan fingerprint density at radius 3 is 2.94 bits per heavy atom. The molecule has 4 rings (SSSR count). The number of nitrogens with two attached hydrogens (primary N) is 1. The molecule has 1 aliphatic carbocycles. The van der Waals surface area contributed by atoms with E-state index in [-0.39, 0.29) is 0 Å². The van der Waals surface area contributed by atoms with E-state index in [9.17, 15) is 0 Å². The minimum absolute atomic E-state index is 0.541. The molecule has 0 atom stereocenters. The third kappa shape index (κ3) is 1.37. The summed E-state index contributed by atoms with van der Waals surface area (Å²) in [6.07, 6.45) is 4.24. The van der Waals surface area contributed by atoms with Gasteiger partial charge in [0.05, 0.1) is 10.6 Å². The van der Waals surface area contributed by atoms with Crippen molar-refractivity contribution in [2.45, 2.75) is 18.9 Å². The van der Waals surface area contributed by atoms with Gasteiger partial charge < -0.3 is 10.3 Å². The molecule has 1 fully saturated rings. The number of fused-ring (bicyclic) bond motifs is 1. The van der Waals surface area contributed by atoms with E-state index in [1.807, 2.05) is 29.8 Å². The number of rotatable bonds is 2. The van der Waals surface area contributed by atoms with Crippen LogP contribution in [-0.4, -0.2) is 14.5 Å². The number of anilines is 1. The zero-order valence-corrected chi connectivity index (χ0v) is 10.5. The summed E-state index contributed by atoms with van der Waals surface area (Å²) in [5, 5.41) is 2.83. The van der Waals surface area contributed by atoms with Gasteiger partial charge >= 0.3 is 0 Å². The van der Waals surface area contributed by atoms with Gasteiger partial charge in [0, 0.05) is 12.2 Å². The van der Waals surface area contributed by atoms with Crippen LogP contribution >= 0.6 is 11.3 Å². The maximum atomic E-state index is 6.03. The van der Waals surface area contributed by atoms with E-state index in [2.05, 4.69) is 9.55 Å². The van der Waals surface area contributed by atoms with Crippen molar-refractivity contribution in [1.82, 2.24) is 14.5 Å². The fourth-order valence-corrected chi connectivity index (χ4v) is 2.94. The molecule has 3 aromatic heterocycles. The van der Waals surface area contributed by atoms with E-state index < -0.39 is 0 Å². The van der Waals surface area contributed by atoms with Crippen LogP contribution in [0, 0.1) is 0 Å². The highest BCUT2D eigenvalue weighted by Crippen LogP contribution is 2.42. The van der Waals surface area contributed by atoms with Crippen molar-refractivity contribution in [2.24, 2.45) is 0 Å². The molecule has 0 unspecified atom stereocenters. The van der Waals surface area contributed by atoms with E-state index >= 15 is 0 Å². The molecule has 0 spiro atoms. The molecule has 5 heteroatoms. The van der Waals surface area contributed by atoms with Gasteiger partial charge in [-0.2, -0.15) is 0 Å². The van der Waals surface area contributed by atoms with Crippen LogP contribution in [0.15, 0.2) is 29.8 Å². The molecular formula is C13H12N4S. The van der Waals surface area contributed by atoms with Gasteiger partial charge in [0.2, 0.25) is 0 Å². The molecule has 1 saturated carbocycles. The Kier molecular flexibility index (Phi) is 1.99. The van der Waals surface area contributed by atoms with Gasteiger partial charge in [-0.05, 0) is 36.4 Å². The van der Waals surface area contributed by atoms with Crippen molar-refractivity contribution in [2.75, 3.05) is 5.73 Å². The van der Waals surface area contributed by atoms with Crippen molar-refractivity contribution < 1.29 is 0 Å². The number of nitrogens with zero attached hydrogens (tertiary/aromatic N) is 3. The highest BCUT2D eigenvalue weighted by Gasteiger charge is 2.29. The molecule has 0 bridgehead atoms. The van der Waals surface area contributed by atoms with Crippen LogP contribution in [0.25, 0.3) is 22.6 Å². The topological polar surface area (TPSA) is 56.7 Å². The molecule has 2 N–H and O–H groups in total. The smallest absolute Gasteiger partial charge is 0.160 e. The number of nitrogen functional groups attached to an aromatic ring is 1. The van der Waals surface area contributed by atoms with Gasteiger partial charge in [0.25, 0.3) is 0 Å². The highest BCUT2D eigenvalue weighted by atomic mass is 32.1. The molecule has 1 aliphatic rings. The predicted octanol–water partition coefficient (Wildman–Crippen LogP) is 3.08. The lowest BCUT2D eigenvalue weighted by atomic mass is 10.3. The molecule has 3 heterocycles. The summed E-state index contributed by atoms with van der Waals surface area (Å²) >= 11 is 1.55. The van der Waals surface area contributed by atoms with Crippen LogP contribution in [0.1, 0.15) is 18.9 Å². The van der Waals surface area contributed by atoms with Crippen LogP contribution in [0.4, 0.5) is 5.00 Å². The third-order valence-electron chi connectivity index (χ3n) is 3.30. The van der Waals surface area contributed by atoms with Crippen LogP contribution < -0.4 is 5.73 Å². The molecule has 90 valence electrons. The van der Waals surface area contributed by atoms with Gasteiger partial charge in [0.1, 0.15) is 11.3 Å². The fourth-order valence-electron chi connectivity index (χ4n) is 2.30. The molecular weight excluding hydrogens is 244 g/mol. The lowest BCUT2D eigenvalue weighted by Crippen LogP contribution is -1.99. The SMILES string of the molecule is Nc1sccc1-c1nc2cccnc2n1C1CC1. The van der Waals surface area contributed by atoms with Crippen molar-refractivity contribution in [1.29, 1.82) is 0 Å². The predicted molar refractivity (Wildman–Crippen MR) is 73.5 cm³/mol. The van der Waals surface area contributed by atoms with E-state index in [4.69, 9.17) is 10.7 Å². The quantitative estimate of drug-likeness (QED) is 0.766. The van der Waals surface area contributed by atoms with Crippen LogP contribution in [-0.2, 0) is 0 Å². The van der Waals surface area contributed by atoms with Gasteiger partial charge in [0.15, 0.2) is 5.65 Å². The first-order valence-corrected chi connectivity index (χ1v) is 6.89. The number of thiophene rings is 1. The standard InChI is InChI=1S/C13H12N4S/c14-11-9(5-7-18-11)12-16-10-2-1-6-15-13(10)17(12)8-3-4-8/h1-2,5-8H,3-4,14H2. The van der Waals surface area contributed by atoms with Crippen LogP contribution in [0.5, 0.6) is 0 Å². The van der Waals surface area contributed by atoms with Crippen molar-refractivity contribution in [3.8, 4) is 11.4 Å². The van der Waals surface area contributed by atoms with Gasteiger partial charge in [-0.25, -0.2) is 9.97 Å². The minimum atomic E-state index is 0.541. The number of hydrogen-bond donors (Lipinski definition) is 1. The Bertz CT molecular complexity index is 724. The summed E-state index contributed by atoms with van der Waals surface area (Å²) in [4.78, 5) is 9.17. The van der Waals surface area contributed by atoms with Gasteiger partial charge in [-0.1, -0.05) is 0 Å². The van der Waals surface area contributed by atoms with Crippen molar-refractivity contribution >= 4 is 27.5 Å². The first kappa shape index (κ1) is 10.1. The van der Waals surface area contributed by atoms with Crippen molar-refractivity contribution in [3.63, 3.8) is 0 Å². The number of pyridine rings is 1. The zero-order chi connectivity index (χ0) is 12.1. The Labute approximate surface area is 108 Å². The maximum absolute atomic E-state index is 6.03. The summed E-state index contributed by atoms with van der Waals surface area (Å²) in [5.41, 5.74) is 8.98. The lowest BCUT2D eigenvalue weighted by Gasteiger charge is -2.05. The summed E-state index contributed by atoms with van der Waals surface area (Å²) < 4.78 is 2.24. The maximum Gasteiger partial charge on any atom is 0.160 e. The molecule has 0 aromatic carbocycles. The summed E-state index contributed by atoms with van der Waals surface area (Å²) in [6, 6.07) is 6.51. The molecule has 3 aromatic rings. The monoisotopic (exact) mass is 256 g/mol. The third-order valence-corrected chi connectivity index (χ3v) is 4.04. The average Bonchev–Trinajstić information content (AvgIpc) is 3.01. The van der Waals surface area contributed by atoms with E-state index in [1.54, 1.807) is 11.3 Å². The summed E-state index contributed by atoms with van der Waals surface area (Å²) in [6.45, 7) is 0. The van der Waals surface area contributed by atoms with Gasteiger partial charge in [-0.15, -0.1) is 11.3 Å². The summed E-state index contributed by atoms with van der Waals surface area (Å²) in [7, 11) is 0. The summed E-state index contributed by atoms with van der Waals surface area (Å²) in [5.74, 6) is 0.963. The second kappa shape index (κ2) is 3.55. The molecule has 0 aliphatic heterocycles. The van der Waals surface area contributed by atoms with Crippen LogP contribution in [0.2, 0.25) is 0 Å². The number of hydrogen-bond acceptors (Lipinski definition) is 4. The van der Waals surface area contributed by atoms with E-state index in [1.165, 1.54) is 12.8 Å². The second-order valence-corrected chi connectivity index (χ2v) is 5.53. The molecule has 0 amide bonds. The van der Waals surface area contributed by atoms with E-state index in [0.29, 0.717) is 6.04 Å². The minimum Gasteiger partial charge on any atom is -0.390 e. The first-order valence-electron chi connectivity index (χ1n) is 6.01. The molecule has 0 saturated heterocycles. The second-order valence-electron chi connectivity index (χ2n) is 4.58. The average molecular weight is 256 g/mol.